The average molecular weight is 224 g/mol. The molecule has 1 aromatic heterocycles. The minimum Gasteiger partial charge on any atom is -0.313 e. The molecule has 2 nitrogen and oxygen atoms in total. The molecule has 0 spiro atoms. The van der Waals surface area contributed by atoms with Gasteiger partial charge in [-0.1, -0.05) is 6.07 Å². The van der Waals surface area contributed by atoms with E-state index in [9.17, 15) is 0 Å². The Hall–Kier alpha value is -0.540. The standard InChI is InChI=1S/C12H20N2S/c1-11-7-12(10-14-8-11)9-13-5-3-4-6-15-2/h7-8,10,13H,3-6,9H2,1-2H3. The topological polar surface area (TPSA) is 24.9 Å². The highest BCUT2D eigenvalue weighted by atomic mass is 32.2. The molecule has 1 N–H and O–H groups in total. The van der Waals surface area contributed by atoms with Crippen molar-refractivity contribution < 1.29 is 0 Å². The maximum Gasteiger partial charge on any atom is 0.0313 e. The Morgan fingerprint density at radius 1 is 1.33 bits per heavy atom. The minimum atomic E-state index is 0.938. The van der Waals surface area contributed by atoms with E-state index in [1.54, 1.807) is 0 Å². The molecule has 0 saturated carbocycles. The first-order valence-electron chi connectivity index (χ1n) is 5.43. The smallest absolute Gasteiger partial charge is 0.0313 e. The molecule has 3 heteroatoms. The number of aryl methyl sites for hydroxylation is 1. The third-order valence-corrected chi connectivity index (χ3v) is 2.91. The number of aromatic nitrogens is 1. The Labute approximate surface area is 96.9 Å². The first-order chi connectivity index (χ1) is 7.33. The quantitative estimate of drug-likeness (QED) is 0.721. The molecule has 84 valence electrons. The number of nitrogens with zero attached hydrogens (tertiary/aromatic N) is 1. The molecule has 0 atom stereocenters. The van der Waals surface area contributed by atoms with Crippen LogP contribution in [0, 0.1) is 6.92 Å². The first-order valence-corrected chi connectivity index (χ1v) is 6.82. The van der Waals surface area contributed by atoms with E-state index in [2.05, 4.69) is 29.5 Å². The van der Waals surface area contributed by atoms with Crippen LogP contribution in [-0.2, 0) is 6.54 Å². The van der Waals surface area contributed by atoms with E-state index in [0.29, 0.717) is 0 Å². The average Bonchev–Trinajstić information content (AvgIpc) is 2.23. The molecule has 1 rings (SSSR count). The van der Waals surface area contributed by atoms with Crippen molar-refractivity contribution in [2.75, 3.05) is 18.6 Å². The Kier molecular flexibility index (Phi) is 6.44. The van der Waals surface area contributed by atoms with Crippen LogP contribution < -0.4 is 5.32 Å². The fourth-order valence-electron chi connectivity index (χ4n) is 1.44. The molecule has 15 heavy (non-hydrogen) atoms. The van der Waals surface area contributed by atoms with Gasteiger partial charge in [0.05, 0.1) is 0 Å². The van der Waals surface area contributed by atoms with Crippen molar-refractivity contribution >= 4 is 11.8 Å². The van der Waals surface area contributed by atoms with E-state index in [4.69, 9.17) is 0 Å². The van der Waals surface area contributed by atoms with Crippen LogP contribution in [0.5, 0.6) is 0 Å². The van der Waals surface area contributed by atoms with Gasteiger partial charge in [0, 0.05) is 18.9 Å². The number of rotatable bonds is 7. The van der Waals surface area contributed by atoms with Crippen LogP contribution in [0.4, 0.5) is 0 Å². The van der Waals surface area contributed by atoms with Gasteiger partial charge in [0.1, 0.15) is 0 Å². The highest BCUT2D eigenvalue weighted by Crippen LogP contribution is 2.01. The third-order valence-electron chi connectivity index (χ3n) is 2.21. The van der Waals surface area contributed by atoms with Crippen molar-refractivity contribution in [2.45, 2.75) is 26.3 Å². The van der Waals surface area contributed by atoms with Crippen molar-refractivity contribution in [2.24, 2.45) is 0 Å². The number of hydrogen-bond acceptors (Lipinski definition) is 3. The monoisotopic (exact) mass is 224 g/mol. The zero-order chi connectivity index (χ0) is 10.9. The van der Waals surface area contributed by atoms with E-state index >= 15 is 0 Å². The molecular weight excluding hydrogens is 204 g/mol. The number of nitrogens with one attached hydrogen (secondary N) is 1. The molecule has 0 amide bonds. The van der Waals surface area contributed by atoms with Gasteiger partial charge in [0.25, 0.3) is 0 Å². The summed E-state index contributed by atoms with van der Waals surface area (Å²) in [7, 11) is 0. The lowest BCUT2D eigenvalue weighted by molar-refractivity contribution is 0.642. The Bertz CT molecular complexity index is 276. The summed E-state index contributed by atoms with van der Waals surface area (Å²) in [6.45, 7) is 4.12. The Balaban J connectivity index is 2.10. The fourth-order valence-corrected chi connectivity index (χ4v) is 1.94. The summed E-state index contributed by atoms with van der Waals surface area (Å²) < 4.78 is 0. The normalized spacial score (nSPS) is 10.5. The number of unbranched alkanes of at least 4 members (excludes halogenated alkanes) is 1. The molecule has 0 aliphatic rings. The van der Waals surface area contributed by atoms with Gasteiger partial charge < -0.3 is 5.32 Å². The van der Waals surface area contributed by atoms with Crippen molar-refractivity contribution in [3.05, 3.63) is 29.6 Å². The van der Waals surface area contributed by atoms with Crippen LogP contribution in [0.2, 0.25) is 0 Å². The molecular formula is C12H20N2S. The minimum absolute atomic E-state index is 0.938. The molecule has 1 aromatic rings. The van der Waals surface area contributed by atoms with Gasteiger partial charge in [-0.05, 0) is 49.4 Å². The second-order valence-corrected chi connectivity index (χ2v) is 4.73. The predicted molar refractivity (Wildman–Crippen MR) is 68.3 cm³/mol. The van der Waals surface area contributed by atoms with Gasteiger partial charge in [0.15, 0.2) is 0 Å². The predicted octanol–water partition coefficient (Wildman–Crippen LogP) is 2.62. The van der Waals surface area contributed by atoms with Crippen molar-refractivity contribution in [1.29, 1.82) is 0 Å². The van der Waals surface area contributed by atoms with Gasteiger partial charge in [-0.2, -0.15) is 11.8 Å². The Morgan fingerprint density at radius 3 is 2.93 bits per heavy atom. The van der Waals surface area contributed by atoms with E-state index in [-0.39, 0.29) is 0 Å². The van der Waals surface area contributed by atoms with Crippen LogP contribution in [0.3, 0.4) is 0 Å². The summed E-state index contributed by atoms with van der Waals surface area (Å²) >= 11 is 1.92. The third kappa shape index (κ3) is 5.80. The molecule has 1 heterocycles. The van der Waals surface area contributed by atoms with Crippen LogP contribution >= 0.6 is 11.8 Å². The number of pyridine rings is 1. The second kappa shape index (κ2) is 7.71. The SMILES string of the molecule is CSCCCCNCc1cncc(C)c1. The molecule has 0 bridgehead atoms. The van der Waals surface area contributed by atoms with Gasteiger partial charge in [-0.25, -0.2) is 0 Å². The van der Waals surface area contributed by atoms with Crippen molar-refractivity contribution in [3.63, 3.8) is 0 Å². The van der Waals surface area contributed by atoms with Crippen molar-refractivity contribution in [3.8, 4) is 0 Å². The summed E-state index contributed by atoms with van der Waals surface area (Å²) in [6, 6.07) is 2.18. The van der Waals surface area contributed by atoms with E-state index in [1.165, 1.54) is 29.7 Å². The first kappa shape index (κ1) is 12.5. The summed E-state index contributed by atoms with van der Waals surface area (Å²) in [5.74, 6) is 1.27. The molecule has 0 aliphatic carbocycles. The zero-order valence-corrected chi connectivity index (χ0v) is 10.4. The lowest BCUT2D eigenvalue weighted by Crippen LogP contribution is -2.15. The summed E-state index contributed by atoms with van der Waals surface area (Å²) in [5, 5.41) is 3.44. The molecule has 0 fully saturated rings. The fraction of sp³-hybridized carbons (Fsp3) is 0.583. The van der Waals surface area contributed by atoms with Gasteiger partial charge in [-0.15, -0.1) is 0 Å². The number of hydrogen-bond donors (Lipinski definition) is 1. The highest BCUT2D eigenvalue weighted by Gasteiger charge is 1.93. The second-order valence-electron chi connectivity index (χ2n) is 3.75. The zero-order valence-electron chi connectivity index (χ0n) is 9.62. The lowest BCUT2D eigenvalue weighted by atomic mass is 10.2. The maximum atomic E-state index is 4.17. The molecule has 0 aromatic carbocycles. The highest BCUT2D eigenvalue weighted by molar-refractivity contribution is 7.98. The summed E-state index contributed by atoms with van der Waals surface area (Å²) in [5.41, 5.74) is 2.51. The Morgan fingerprint density at radius 2 is 2.20 bits per heavy atom. The van der Waals surface area contributed by atoms with Gasteiger partial charge in [0.2, 0.25) is 0 Å². The van der Waals surface area contributed by atoms with E-state index in [1.807, 2.05) is 24.2 Å². The van der Waals surface area contributed by atoms with Gasteiger partial charge >= 0.3 is 0 Å². The van der Waals surface area contributed by atoms with E-state index in [0.717, 1.165) is 13.1 Å². The van der Waals surface area contributed by atoms with Crippen LogP contribution in [0.15, 0.2) is 18.5 Å². The molecule has 0 aliphatic heterocycles. The van der Waals surface area contributed by atoms with E-state index < -0.39 is 0 Å². The molecule has 0 radical (unpaired) electrons. The summed E-state index contributed by atoms with van der Waals surface area (Å²) in [6.07, 6.45) is 8.55. The van der Waals surface area contributed by atoms with Gasteiger partial charge in [-0.3, -0.25) is 4.98 Å². The van der Waals surface area contributed by atoms with Crippen LogP contribution in [0.25, 0.3) is 0 Å². The van der Waals surface area contributed by atoms with Crippen LogP contribution in [0.1, 0.15) is 24.0 Å². The van der Waals surface area contributed by atoms with Crippen molar-refractivity contribution in [1.82, 2.24) is 10.3 Å². The summed E-state index contributed by atoms with van der Waals surface area (Å²) in [4.78, 5) is 4.17. The molecule has 0 saturated heterocycles. The largest absolute Gasteiger partial charge is 0.313 e. The number of thioether (sulfide) groups is 1. The van der Waals surface area contributed by atoms with Crippen LogP contribution in [-0.4, -0.2) is 23.5 Å². The lowest BCUT2D eigenvalue weighted by Gasteiger charge is -2.04. The maximum absolute atomic E-state index is 4.17. The molecule has 0 unspecified atom stereocenters.